The third-order valence-electron chi connectivity index (χ3n) is 6.91. The largest absolute Gasteiger partial charge is 0.493 e. The number of methoxy groups -OCH3 is 1. The van der Waals surface area contributed by atoms with Crippen molar-refractivity contribution in [2.75, 3.05) is 18.6 Å². The maximum absolute atomic E-state index is 13.3. The lowest BCUT2D eigenvalue weighted by atomic mass is 10.1. The van der Waals surface area contributed by atoms with Crippen molar-refractivity contribution in [3.63, 3.8) is 0 Å². The minimum Gasteiger partial charge on any atom is -0.493 e. The minimum absolute atomic E-state index is 0.0591. The van der Waals surface area contributed by atoms with Crippen LogP contribution in [0.15, 0.2) is 95.0 Å². The fraction of sp³-hybridized carbons (Fsp3) is 0.147. The van der Waals surface area contributed by atoms with Crippen LogP contribution in [0.5, 0.6) is 23.0 Å². The highest BCUT2D eigenvalue weighted by atomic mass is 79.9. The quantitative estimate of drug-likeness (QED) is 0.0748. The molecule has 0 spiro atoms. The molecule has 1 aliphatic rings. The second kappa shape index (κ2) is 14.6. The molecule has 4 aromatic carbocycles. The van der Waals surface area contributed by atoms with Gasteiger partial charge in [-0.25, -0.2) is 9.69 Å². The van der Waals surface area contributed by atoms with Crippen molar-refractivity contribution in [1.82, 2.24) is 5.32 Å². The maximum atomic E-state index is 13.3. The Balaban J connectivity index is 1.35. The summed E-state index contributed by atoms with van der Waals surface area (Å²) in [5, 5.41) is 13.2. The number of nitrogens with zero attached hydrogens (tertiary/aromatic N) is 2. The van der Waals surface area contributed by atoms with Crippen molar-refractivity contribution < 1.29 is 38.3 Å². The molecule has 0 bridgehead atoms. The Morgan fingerprint density at radius 3 is 2.26 bits per heavy atom. The Bertz CT molecular complexity index is 1860. The van der Waals surface area contributed by atoms with Gasteiger partial charge in [-0.1, -0.05) is 36.4 Å². The highest BCUT2D eigenvalue weighted by Crippen LogP contribution is 2.39. The number of amides is 4. The van der Waals surface area contributed by atoms with Gasteiger partial charge in [0.1, 0.15) is 18.8 Å². The molecular formula is C34H28BrN3O9. The van der Waals surface area contributed by atoms with Crippen LogP contribution < -0.4 is 29.2 Å². The van der Waals surface area contributed by atoms with E-state index in [9.17, 15) is 24.5 Å². The molecular weight excluding hydrogens is 674 g/mol. The molecule has 13 heteroatoms. The van der Waals surface area contributed by atoms with E-state index in [-0.39, 0.29) is 23.6 Å². The van der Waals surface area contributed by atoms with Crippen LogP contribution in [0.2, 0.25) is 0 Å². The normalized spacial score (nSPS) is 13.7. The Morgan fingerprint density at radius 1 is 0.851 bits per heavy atom. The van der Waals surface area contributed by atoms with Crippen LogP contribution in [0.1, 0.15) is 23.6 Å². The summed E-state index contributed by atoms with van der Waals surface area (Å²) in [6, 6.07) is 22.4. The summed E-state index contributed by atoms with van der Waals surface area (Å²) in [5.41, 5.74) is 1.75. The molecule has 5 rings (SSSR count). The van der Waals surface area contributed by atoms with Crippen molar-refractivity contribution in [3.05, 3.63) is 122 Å². The van der Waals surface area contributed by atoms with Gasteiger partial charge in [0.2, 0.25) is 0 Å². The first kappa shape index (κ1) is 32.7. The van der Waals surface area contributed by atoms with Crippen LogP contribution in [0.3, 0.4) is 0 Å². The molecule has 0 radical (unpaired) electrons. The first-order valence-electron chi connectivity index (χ1n) is 14.3. The molecule has 0 unspecified atom stereocenters. The third-order valence-corrected chi connectivity index (χ3v) is 7.50. The van der Waals surface area contributed by atoms with E-state index in [0.717, 1.165) is 28.2 Å². The molecule has 1 N–H and O–H groups in total. The summed E-state index contributed by atoms with van der Waals surface area (Å²) in [7, 11) is 1.56. The molecule has 1 aliphatic heterocycles. The van der Waals surface area contributed by atoms with Crippen LogP contribution in [-0.4, -0.2) is 36.5 Å². The van der Waals surface area contributed by atoms with E-state index in [4.69, 9.17) is 18.9 Å². The molecule has 4 aromatic rings. The van der Waals surface area contributed by atoms with Gasteiger partial charge < -0.3 is 18.9 Å². The van der Waals surface area contributed by atoms with E-state index in [1.807, 2.05) is 48.5 Å². The third kappa shape index (κ3) is 7.59. The summed E-state index contributed by atoms with van der Waals surface area (Å²) in [6.45, 7) is 2.64. The van der Waals surface area contributed by atoms with Crippen LogP contribution >= 0.6 is 15.9 Å². The first-order valence-corrected chi connectivity index (χ1v) is 15.1. The molecule has 4 amide bonds. The molecule has 1 heterocycles. The van der Waals surface area contributed by atoms with Gasteiger partial charge in [-0.15, -0.1) is 0 Å². The number of nitro groups is 1. The Kier molecular flexibility index (Phi) is 10.2. The number of barbiturate groups is 1. The average molecular weight is 703 g/mol. The number of imide groups is 2. The van der Waals surface area contributed by atoms with Crippen molar-refractivity contribution in [2.24, 2.45) is 0 Å². The van der Waals surface area contributed by atoms with Crippen molar-refractivity contribution in [1.29, 1.82) is 0 Å². The van der Waals surface area contributed by atoms with Gasteiger partial charge in [-0.05, 0) is 82.0 Å². The number of urea groups is 1. The van der Waals surface area contributed by atoms with E-state index >= 15 is 0 Å². The zero-order chi connectivity index (χ0) is 33.5. The fourth-order valence-electron chi connectivity index (χ4n) is 4.67. The second-order valence-electron chi connectivity index (χ2n) is 10.0. The number of hydrogen-bond donors (Lipinski definition) is 1. The molecule has 0 saturated carbocycles. The zero-order valence-electron chi connectivity index (χ0n) is 25.2. The summed E-state index contributed by atoms with van der Waals surface area (Å²) in [4.78, 5) is 49.8. The number of carbonyl (C=O) groups excluding carboxylic acids is 3. The molecule has 0 aliphatic carbocycles. The van der Waals surface area contributed by atoms with Gasteiger partial charge >= 0.3 is 6.03 Å². The fourth-order valence-corrected chi connectivity index (χ4v) is 5.24. The predicted molar refractivity (Wildman–Crippen MR) is 176 cm³/mol. The summed E-state index contributed by atoms with van der Waals surface area (Å²) >= 11 is 3.51. The monoisotopic (exact) mass is 701 g/mol. The Labute approximate surface area is 277 Å². The highest BCUT2D eigenvalue weighted by Gasteiger charge is 2.37. The Morgan fingerprint density at radius 2 is 1.57 bits per heavy atom. The van der Waals surface area contributed by atoms with Gasteiger partial charge in [0.25, 0.3) is 17.5 Å². The number of ether oxygens (including phenoxy) is 4. The highest BCUT2D eigenvalue weighted by molar-refractivity contribution is 9.10. The number of benzene rings is 4. The Hall–Kier alpha value is -5.69. The maximum Gasteiger partial charge on any atom is 0.335 e. The van der Waals surface area contributed by atoms with Crippen LogP contribution in [0.4, 0.5) is 16.2 Å². The smallest absolute Gasteiger partial charge is 0.335 e. The van der Waals surface area contributed by atoms with E-state index in [0.29, 0.717) is 46.2 Å². The van der Waals surface area contributed by atoms with E-state index in [2.05, 4.69) is 21.2 Å². The number of rotatable bonds is 12. The summed E-state index contributed by atoms with van der Waals surface area (Å²) < 4.78 is 23.9. The summed E-state index contributed by atoms with van der Waals surface area (Å²) in [6.07, 6.45) is 1.32. The lowest BCUT2D eigenvalue weighted by Gasteiger charge is -2.26. The second-order valence-corrected chi connectivity index (χ2v) is 10.9. The molecule has 0 atom stereocenters. The predicted octanol–water partition coefficient (Wildman–Crippen LogP) is 6.59. The number of carbonyl (C=O) groups is 3. The van der Waals surface area contributed by atoms with Crippen molar-refractivity contribution in [2.45, 2.75) is 20.1 Å². The molecule has 0 aromatic heterocycles. The average Bonchev–Trinajstić information content (AvgIpc) is 3.06. The molecule has 240 valence electrons. The van der Waals surface area contributed by atoms with Crippen LogP contribution in [0.25, 0.3) is 6.08 Å². The summed E-state index contributed by atoms with van der Waals surface area (Å²) in [5.74, 6) is 0.0772. The number of anilines is 1. The number of nitro benzene ring substituents is 1. The molecule has 12 nitrogen and oxygen atoms in total. The molecule has 1 fully saturated rings. The lowest BCUT2D eigenvalue weighted by molar-refractivity contribution is -0.384. The number of nitrogens with one attached hydrogen (secondary N) is 1. The zero-order valence-corrected chi connectivity index (χ0v) is 26.8. The van der Waals surface area contributed by atoms with E-state index < -0.39 is 22.8 Å². The number of hydrogen-bond acceptors (Lipinski definition) is 9. The van der Waals surface area contributed by atoms with Crippen molar-refractivity contribution in [3.8, 4) is 23.0 Å². The van der Waals surface area contributed by atoms with Gasteiger partial charge in [-0.3, -0.25) is 25.0 Å². The molecule has 47 heavy (non-hydrogen) atoms. The van der Waals surface area contributed by atoms with Crippen LogP contribution in [-0.2, 0) is 22.8 Å². The van der Waals surface area contributed by atoms with Gasteiger partial charge in [0.05, 0.1) is 28.8 Å². The SMILES string of the molecule is CCOc1cc(/C=C2/C(=O)NC(=O)N(c3ccc([N+](=O)[O-])cc3)C2=O)cc(Br)c1OCc1ccc(OCc2ccccc2)c(OC)c1. The molecule has 1 saturated heterocycles. The first-order chi connectivity index (χ1) is 22.7. The topological polar surface area (TPSA) is 147 Å². The number of non-ortho nitro benzene ring substituents is 1. The van der Waals surface area contributed by atoms with Crippen molar-refractivity contribution >= 4 is 51.2 Å². The lowest BCUT2D eigenvalue weighted by Crippen LogP contribution is -2.54. The standard InChI is InChI=1S/C34H28BrN3O9/c1-3-45-30-18-23(15-26-32(39)36-34(41)37(33(26)40)24-10-12-25(13-11-24)38(42)43)16-27(35)31(30)47-20-22-9-14-28(29(17-22)44-2)46-19-21-7-5-4-6-8-21/h4-18H,3,19-20H2,1-2H3,(H,36,39,41)/b26-15-. The number of halogens is 1. The van der Waals surface area contributed by atoms with Gasteiger partial charge in [0.15, 0.2) is 23.0 Å². The van der Waals surface area contributed by atoms with E-state index in [1.54, 1.807) is 26.2 Å². The van der Waals surface area contributed by atoms with Gasteiger partial charge in [0, 0.05) is 12.1 Å². The van der Waals surface area contributed by atoms with Gasteiger partial charge in [-0.2, -0.15) is 0 Å². The minimum atomic E-state index is -0.974. The van der Waals surface area contributed by atoms with Crippen LogP contribution in [0, 0.1) is 10.1 Å². The van der Waals surface area contributed by atoms with E-state index in [1.165, 1.54) is 18.2 Å².